The van der Waals surface area contributed by atoms with E-state index in [-0.39, 0.29) is 6.03 Å². The number of aromatic nitrogens is 1. The first-order valence-electron chi connectivity index (χ1n) is 9.63. The van der Waals surface area contributed by atoms with Crippen LogP contribution in [0, 0.1) is 6.92 Å². The second-order valence-corrected chi connectivity index (χ2v) is 7.04. The average Bonchev–Trinajstić information content (AvgIpc) is 2.75. The number of aryl methyl sites for hydroxylation is 1. The Morgan fingerprint density at radius 3 is 2.72 bits per heavy atom. The van der Waals surface area contributed by atoms with Gasteiger partial charge in [0.1, 0.15) is 5.75 Å². The van der Waals surface area contributed by atoms with Crippen molar-refractivity contribution in [2.45, 2.75) is 13.5 Å². The first kappa shape index (κ1) is 18.8. The summed E-state index contributed by atoms with van der Waals surface area (Å²) < 4.78 is 5.39. The summed E-state index contributed by atoms with van der Waals surface area (Å²) in [6.45, 7) is 4.02. The zero-order valence-corrected chi connectivity index (χ0v) is 16.6. The van der Waals surface area contributed by atoms with Crippen LogP contribution < -0.4 is 19.9 Å². The van der Waals surface area contributed by atoms with Gasteiger partial charge < -0.3 is 15.0 Å². The lowest BCUT2D eigenvalue weighted by molar-refractivity contribution is 0.256. The minimum atomic E-state index is -0.192. The number of anilines is 3. The van der Waals surface area contributed by atoms with E-state index < -0.39 is 0 Å². The monoisotopic (exact) mass is 388 g/mol. The molecular weight excluding hydrogens is 364 g/mol. The highest BCUT2D eigenvalue weighted by Crippen LogP contribution is 2.33. The number of hydrogen-bond acceptors (Lipinski definition) is 4. The molecule has 1 aromatic heterocycles. The van der Waals surface area contributed by atoms with E-state index in [1.54, 1.807) is 18.2 Å². The van der Waals surface area contributed by atoms with Crippen molar-refractivity contribution in [2.75, 3.05) is 35.3 Å². The molecule has 0 bridgehead atoms. The Bertz CT molecular complexity index is 1010. The van der Waals surface area contributed by atoms with Crippen molar-refractivity contribution < 1.29 is 9.53 Å². The number of amides is 2. The lowest BCUT2D eigenvalue weighted by Gasteiger charge is -2.36. The number of nitrogens with one attached hydrogen (secondary N) is 1. The summed E-state index contributed by atoms with van der Waals surface area (Å²) >= 11 is 0. The summed E-state index contributed by atoms with van der Waals surface area (Å²) in [4.78, 5) is 21.6. The van der Waals surface area contributed by atoms with Gasteiger partial charge in [0.15, 0.2) is 5.82 Å². The Kier molecular flexibility index (Phi) is 5.33. The molecule has 3 aromatic rings. The first-order valence-corrected chi connectivity index (χ1v) is 9.63. The van der Waals surface area contributed by atoms with Gasteiger partial charge in [-0.05, 0) is 42.3 Å². The smallest absolute Gasteiger partial charge is 0.326 e. The molecule has 6 heteroatoms. The summed E-state index contributed by atoms with van der Waals surface area (Å²) in [5.41, 5.74) is 3.73. The number of carbonyl (C=O) groups excluding carboxylic acids is 1. The molecule has 0 unspecified atom stereocenters. The quantitative estimate of drug-likeness (QED) is 0.717. The van der Waals surface area contributed by atoms with E-state index in [4.69, 9.17) is 4.74 Å². The molecule has 0 spiro atoms. The number of methoxy groups -OCH3 is 1. The number of urea groups is 1. The molecule has 0 fully saturated rings. The van der Waals surface area contributed by atoms with Gasteiger partial charge in [0, 0.05) is 25.8 Å². The molecule has 1 aliphatic rings. The van der Waals surface area contributed by atoms with Crippen LogP contribution in [0.3, 0.4) is 0 Å². The topological polar surface area (TPSA) is 57.7 Å². The van der Waals surface area contributed by atoms with Gasteiger partial charge in [-0.3, -0.25) is 4.90 Å². The van der Waals surface area contributed by atoms with Gasteiger partial charge in [0.2, 0.25) is 0 Å². The number of fused-ring (bicyclic) bond motifs is 1. The van der Waals surface area contributed by atoms with E-state index in [9.17, 15) is 4.79 Å². The van der Waals surface area contributed by atoms with Crippen LogP contribution in [-0.4, -0.2) is 31.2 Å². The van der Waals surface area contributed by atoms with Gasteiger partial charge in [-0.15, -0.1) is 0 Å². The Morgan fingerprint density at radius 1 is 1.10 bits per heavy atom. The van der Waals surface area contributed by atoms with Crippen LogP contribution in [0.5, 0.6) is 5.75 Å². The minimum absolute atomic E-state index is 0.192. The normalized spacial score (nSPS) is 13.0. The second-order valence-electron chi connectivity index (χ2n) is 7.04. The summed E-state index contributed by atoms with van der Waals surface area (Å²) in [6, 6.07) is 19.6. The Balaban J connectivity index is 1.58. The van der Waals surface area contributed by atoms with Crippen molar-refractivity contribution in [2.24, 2.45) is 0 Å². The zero-order chi connectivity index (χ0) is 20.2. The molecule has 0 saturated carbocycles. The van der Waals surface area contributed by atoms with E-state index in [0.29, 0.717) is 24.5 Å². The van der Waals surface area contributed by atoms with Crippen LogP contribution in [0.15, 0.2) is 66.9 Å². The summed E-state index contributed by atoms with van der Waals surface area (Å²) in [5.74, 6) is 1.45. The molecule has 4 rings (SSSR count). The zero-order valence-electron chi connectivity index (χ0n) is 16.6. The van der Waals surface area contributed by atoms with Crippen molar-refractivity contribution in [3.05, 3.63) is 78.0 Å². The average molecular weight is 388 g/mol. The Hall–Kier alpha value is -3.54. The number of benzene rings is 2. The molecule has 0 aliphatic carbocycles. The molecule has 6 nitrogen and oxygen atoms in total. The molecule has 1 N–H and O–H groups in total. The molecule has 0 radical (unpaired) electrons. The van der Waals surface area contributed by atoms with Crippen molar-refractivity contribution in [1.82, 2.24) is 4.98 Å². The van der Waals surface area contributed by atoms with Crippen LogP contribution in [0.25, 0.3) is 0 Å². The van der Waals surface area contributed by atoms with Crippen LogP contribution in [0.4, 0.5) is 22.0 Å². The Labute approximate surface area is 170 Å². The van der Waals surface area contributed by atoms with Crippen LogP contribution in [0.2, 0.25) is 0 Å². The van der Waals surface area contributed by atoms with Gasteiger partial charge >= 0.3 is 6.03 Å². The third-order valence-electron chi connectivity index (χ3n) is 5.01. The van der Waals surface area contributed by atoms with Gasteiger partial charge in [0.25, 0.3) is 0 Å². The summed E-state index contributed by atoms with van der Waals surface area (Å²) in [7, 11) is 1.60. The predicted molar refractivity (Wildman–Crippen MR) is 116 cm³/mol. The summed E-state index contributed by atoms with van der Waals surface area (Å²) in [6.07, 6.45) is 1.77. The number of pyridine rings is 1. The minimum Gasteiger partial charge on any atom is -0.495 e. The maximum absolute atomic E-state index is 13.1. The van der Waals surface area contributed by atoms with Crippen molar-refractivity contribution in [1.29, 1.82) is 0 Å². The highest BCUT2D eigenvalue weighted by atomic mass is 16.5. The molecule has 29 heavy (non-hydrogen) atoms. The van der Waals surface area contributed by atoms with E-state index in [1.807, 2.05) is 55.5 Å². The van der Waals surface area contributed by atoms with Crippen LogP contribution in [0.1, 0.15) is 11.1 Å². The number of carbonyl (C=O) groups is 1. The fraction of sp³-hybridized carbons (Fsp3) is 0.217. The third-order valence-corrected chi connectivity index (χ3v) is 5.01. The van der Waals surface area contributed by atoms with Crippen LogP contribution >= 0.6 is 0 Å². The Morgan fingerprint density at radius 2 is 1.93 bits per heavy atom. The largest absolute Gasteiger partial charge is 0.495 e. The first-order chi connectivity index (χ1) is 14.2. The predicted octanol–water partition coefficient (Wildman–Crippen LogP) is 4.46. The van der Waals surface area contributed by atoms with Crippen molar-refractivity contribution in [3.63, 3.8) is 0 Å². The number of ether oxygens (including phenoxy) is 1. The second kappa shape index (κ2) is 8.22. The highest BCUT2D eigenvalue weighted by molar-refractivity contribution is 6.04. The molecule has 2 heterocycles. The number of rotatable bonds is 4. The highest BCUT2D eigenvalue weighted by Gasteiger charge is 2.28. The molecule has 0 atom stereocenters. The SMILES string of the molecule is COc1ccc(C)cc1NC(=O)N1CCN(Cc2ccccc2)c2ncccc21. The molecule has 1 aliphatic heterocycles. The standard InChI is InChI=1S/C23H24N4O2/c1-17-10-11-21(29-2)19(15-17)25-23(28)27-14-13-26(16-18-7-4-3-5-8-18)22-20(27)9-6-12-24-22/h3-12,15H,13-14,16H2,1-2H3,(H,25,28). The number of nitrogens with zero attached hydrogens (tertiary/aromatic N) is 3. The third kappa shape index (κ3) is 4.01. The van der Waals surface area contributed by atoms with E-state index >= 15 is 0 Å². The van der Waals surface area contributed by atoms with Gasteiger partial charge in [-0.1, -0.05) is 36.4 Å². The molecular formula is C23H24N4O2. The molecule has 0 saturated heterocycles. The molecule has 2 aromatic carbocycles. The van der Waals surface area contributed by atoms with E-state index in [1.165, 1.54) is 5.56 Å². The van der Waals surface area contributed by atoms with Gasteiger partial charge in [0.05, 0.1) is 18.5 Å². The number of hydrogen-bond donors (Lipinski definition) is 1. The maximum atomic E-state index is 13.1. The maximum Gasteiger partial charge on any atom is 0.326 e. The van der Waals surface area contributed by atoms with Gasteiger partial charge in [-0.25, -0.2) is 9.78 Å². The summed E-state index contributed by atoms with van der Waals surface area (Å²) in [5, 5.41) is 2.99. The van der Waals surface area contributed by atoms with Crippen molar-refractivity contribution >= 4 is 23.2 Å². The fourth-order valence-electron chi connectivity index (χ4n) is 3.56. The molecule has 148 valence electrons. The van der Waals surface area contributed by atoms with Crippen molar-refractivity contribution in [3.8, 4) is 5.75 Å². The van der Waals surface area contributed by atoms with Gasteiger partial charge in [-0.2, -0.15) is 0 Å². The van der Waals surface area contributed by atoms with Crippen LogP contribution in [-0.2, 0) is 6.54 Å². The lowest BCUT2D eigenvalue weighted by atomic mass is 10.1. The van der Waals surface area contributed by atoms with E-state index in [0.717, 1.165) is 23.6 Å². The fourth-order valence-corrected chi connectivity index (χ4v) is 3.56. The molecule has 2 amide bonds. The lowest BCUT2D eigenvalue weighted by Crippen LogP contribution is -2.46. The van der Waals surface area contributed by atoms with E-state index in [2.05, 4.69) is 27.3 Å².